The fourth-order valence-electron chi connectivity index (χ4n) is 2.31. The highest BCUT2D eigenvalue weighted by Gasteiger charge is 2.30. The van der Waals surface area contributed by atoms with Crippen molar-refractivity contribution < 1.29 is 9.53 Å². The van der Waals surface area contributed by atoms with Crippen LogP contribution < -0.4 is 15.0 Å². The minimum atomic E-state index is -0.0821. The number of benzene rings is 1. The second-order valence-corrected chi connectivity index (χ2v) is 4.68. The first kappa shape index (κ1) is 13.4. The van der Waals surface area contributed by atoms with E-state index in [4.69, 9.17) is 4.74 Å². The lowest BCUT2D eigenvalue weighted by Crippen LogP contribution is -2.22. The van der Waals surface area contributed by atoms with Crippen LogP contribution in [-0.2, 0) is 6.54 Å². The van der Waals surface area contributed by atoms with Crippen LogP contribution in [0.3, 0.4) is 0 Å². The van der Waals surface area contributed by atoms with Gasteiger partial charge in [0, 0.05) is 24.5 Å². The van der Waals surface area contributed by atoms with Gasteiger partial charge in [0.05, 0.1) is 24.9 Å². The van der Waals surface area contributed by atoms with Crippen molar-refractivity contribution >= 4 is 17.5 Å². The quantitative estimate of drug-likeness (QED) is 0.931. The van der Waals surface area contributed by atoms with Gasteiger partial charge in [-0.15, -0.1) is 0 Å². The molecule has 21 heavy (non-hydrogen) atoms. The van der Waals surface area contributed by atoms with Crippen LogP contribution in [0.4, 0.5) is 11.6 Å². The standard InChI is InChI=1S/C15H16N4O2/c1-3-16-15-17-8-12-13(18-15)9-19(14(12)20)10-5-4-6-11(7-10)21-2/h4-8H,3,9H2,1-2H3,(H,16,17,18). The van der Waals surface area contributed by atoms with Gasteiger partial charge < -0.3 is 15.0 Å². The van der Waals surface area contributed by atoms with E-state index < -0.39 is 0 Å². The van der Waals surface area contributed by atoms with Gasteiger partial charge in [0.25, 0.3) is 5.91 Å². The van der Waals surface area contributed by atoms with E-state index in [1.54, 1.807) is 18.2 Å². The number of hydrogen-bond donors (Lipinski definition) is 1. The first-order valence-corrected chi connectivity index (χ1v) is 6.78. The van der Waals surface area contributed by atoms with Crippen LogP contribution in [0.5, 0.6) is 5.75 Å². The van der Waals surface area contributed by atoms with E-state index in [1.165, 1.54) is 0 Å². The number of fused-ring (bicyclic) bond motifs is 1. The summed E-state index contributed by atoms with van der Waals surface area (Å²) in [4.78, 5) is 22.7. The third kappa shape index (κ3) is 2.40. The Balaban J connectivity index is 1.92. The zero-order chi connectivity index (χ0) is 14.8. The number of nitrogens with zero attached hydrogens (tertiary/aromatic N) is 3. The van der Waals surface area contributed by atoms with Gasteiger partial charge in [0.2, 0.25) is 5.95 Å². The lowest BCUT2D eigenvalue weighted by atomic mass is 10.2. The summed E-state index contributed by atoms with van der Waals surface area (Å²) in [6.45, 7) is 3.17. The van der Waals surface area contributed by atoms with Crippen LogP contribution in [-0.4, -0.2) is 29.5 Å². The molecule has 0 unspecified atom stereocenters. The summed E-state index contributed by atoms with van der Waals surface area (Å²) in [6.07, 6.45) is 1.59. The second-order valence-electron chi connectivity index (χ2n) is 4.68. The molecule has 108 valence electrons. The van der Waals surface area contributed by atoms with Gasteiger partial charge in [-0.05, 0) is 19.1 Å². The van der Waals surface area contributed by atoms with Gasteiger partial charge in [0.1, 0.15) is 5.75 Å². The molecule has 0 spiro atoms. The maximum absolute atomic E-state index is 12.5. The number of anilines is 2. The molecule has 2 aromatic rings. The molecule has 2 heterocycles. The lowest BCUT2D eigenvalue weighted by Gasteiger charge is -2.15. The van der Waals surface area contributed by atoms with Crippen LogP contribution in [0.2, 0.25) is 0 Å². The Kier molecular flexibility index (Phi) is 3.43. The van der Waals surface area contributed by atoms with Crippen molar-refractivity contribution in [2.45, 2.75) is 13.5 Å². The number of carbonyl (C=O) groups excluding carboxylic acids is 1. The number of carbonyl (C=O) groups is 1. The molecule has 1 aliphatic heterocycles. The molecular formula is C15H16N4O2. The minimum Gasteiger partial charge on any atom is -0.497 e. The lowest BCUT2D eigenvalue weighted by molar-refractivity contribution is 0.0996. The highest BCUT2D eigenvalue weighted by molar-refractivity contribution is 6.09. The largest absolute Gasteiger partial charge is 0.497 e. The summed E-state index contributed by atoms with van der Waals surface area (Å²) in [5.41, 5.74) is 2.09. The maximum atomic E-state index is 12.5. The summed E-state index contributed by atoms with van der Waals surface area (Å²) < 4.78 is 5.20. The molecule has 1 aromatic carbocycles. The monoisotopic (exact) mass is 284 g/mol. The molecule has 0 fully saturated rings. The topological polar surface area (TPSA) is 67.3 Å². The Labute approximate surface area is 122 Å². The normalized spacial score (nSPS) is 13.2. The fraction of sp³-hybridized carbons (Fsp3) is 0.267. The number of methoxy groups -OCH3 is 1. The fourth-order valence-corrected chi connectivity index (χ4v) is 2.31. The molecule has 1 aromatic heterocycles. The number of ether oxygens (including phenoxy) is 1. The highest BCUT2D eigenvalue weighted by atomic mass is 16.5. The van der Waals surface area contributed by atoms with Gasteiger partial charge in [-0.1, -0.05) is 6.07 Å². The van der Waals surface area contributed by atoms with Crippen molar-refractivity contribution in [1.29, 1.82) is 0 Å². The second kappa shape index (κ2) is 5.40. The number of rotatable bonds is 4. The van der Waals surface area contributed by atoms with E-state index in [-0.39, 0.29) is 5.91 Å². The average Bonchev–Trinajstić information content (AvgIpc) is 2.84. The Morgan fingerprint density at radius 3 is 3.05 bits per heavy atom. The van der Waals surface area contributed by atoms with E-state index in [0.717, 1.165) is 23.7 Å². The van der Waals surface area contributed by atoms with Crippen molar-refractivity contribution in [3.05, 3.63) is 41.7 Å². The maximum Gasteiger partial charge on any atom is 0.262 e. The predicted octanol–water partition coefficient (Wildman–Crippen LogP) is 2.08. The minimum absolute atomic E-state index is 0.0821. The molecule has 1 aliphatic rings. The van der Waals surface area contributed by atoms with Gasteiger partial charge in [-0.25, -0.2) is 9.97 Å². The number of aromatic nitrogens is 2. The first-order valence-electron chi connectivity index (χ1n) is 6.78. The Hall–Kier alpha value is -2.63. The molecular weight excluding hydrogens is 268 g/mol. The molecule has 1 N–H and O–H groups in total. The Morgan fingerprint density at radius 2 is 2.29 bits per heavy atom. The molecule has 0 saturated heterocycles. The summed E-state index contributed by atoms with van der Waals surface area (Å²) >= 11 is 0. The number of hydrogen-bond acceptors (Lipinski definition) is 5. The van der Waals surface area contributed by atoms with Gasteiger partial charge >= 0.3 is 0 Å². The molecule has 1 amide bonds. The van der Waals surface area contributed by atoms with Crippen LogP contribution in [0.1, 0.15) is 23.0 Å². The van der Waals surface area contributed by atoms with Crippen LogP contribution in [0, 0.1) is 0 Å². The number of nitrogens with one attached hydrogen (secondary N) is 1. The summed E-state index contributed by atoms with van der Waals surface area (Å²) in [6, 6.07) is 7.42. The molecule has 0 saturated carbocycles. The summed E-state index contributed by atoms with van der Waals surface area (Å²) in [7, 11) is 1.60. The molecule has 0 bridgehead atoms. The zero-order valence-electron chi connectivity index (χ0n) is 12.0. The Morgan fingerprint density at radius 1 is 1.43 bits per heavy atom. The first-order chi connectivity index (χ1) is 10.2. The summed E-state index contributed by atoms with van der Waals surface area (Å²) in [5, 5.41) is 3.05. The van der Waals surface area contributed by atoms with Crippen molar-refractivity contribution in [2.24, 2.45) is 0 Å². The van der Waals surface area contributed by atoms with Gasteiger partial charge in [-0.2, -0.15) is 0 Å². The van der Waals surface area contributed by atoms with Crippen LogP contribution in [0.25, 0.3) is 0 Å². The number of amides is 1. The van der Waals surface area contributed by atoms with Crippen LogP contribution in [0.15, 0.2) is 30.5 Å². The zero-order valence-corrected chi connectivity index (χ0v) is 12.0. The van der Waals surface area contributed by atoms with E-state index in [0.29, 0.717) is 18.1 Å². The molecule has 0 atom stereocenters. The van der Waals surface area contributed by atoms with Gasteiger partial charge in [0.15, 0.2) is 0 Å². The van der Waals surface area contributed by atoms with E-state index >= 15 is 0 Å². The molecule has 0 aliphatic carbocycles. The van der Waals surface area contributed by atoms with E-state index in [1.807, 2.05) is 31.2 Å². The van der Waals surface area contributed by atoms with Crippen molar-refractivity contribution in [2.75, 3.05) is 23.9 Å². The van der Waals surface area contributed by atoms with E-state index in [9.17, 15) is 4.79 Å². The van der Waals surface area contributed by atoms with Crippen molar-refractivity contribution in [3.63, 3.8) is 0 Å². The Bertz CT molecular complexity index is 687. The molecule has 0 radical (unpaired) electrons. The van der Waals surface area contributed by atoms with Crippen molar-refractivity contribution in [1.82, 2.24) is 9.97 Å². The smallest absolute Gasteiger partial charge is 0.262 e. The molecule has 6 nitrogen and oxygen atoms in total. The van der Waals surface area contributed by atoms with Crippen LogP contribution >= 0.6 is 0 Å². The SMILES string of the molecule is CCNc1ncc2c(n1)CN(c1cccc(OC)c1)C2=O. The molecule has 6 heteroatoms. The van der Waals surface area contributed by atoms with Gasteiger partial charge in [-0.3, -0.25) is 4.79 Å². The van der Waals surface area contributed by atoms with E-state index in [2.05, 4.69) is 15.3 Å². The average molecular weight is 284 g/mol. The van der Waals surface area contributed by atoms with Crippen molar-refractivity contribution in [3.8, 4) is 5.75 Å². The predicted molar refractivity (Wildman–Crippen MR) is 79.7 cm³/mol. The highest BCUT2D eigenvalue weighted by Crippen LogP contribution is 2.29. The molecule has 3 rings (SSSR count). The summed E-state index contributed by atoms with van der Waals surface area (Å²) in [5.74, 6) is 1.19. The third-order valence-electron chi connectivity index (χ3n) is 3.35. The third-order valence-corrected chi connectivity index (χ3v) is 3.35.